The number of carbonyl (C=O) groups excluding carboxylic acids is 1. The third-order valence-corrected chi connectivity index (χ3v) is 6.49. The van der Waals surface area contributed by atoms with Crippen LogP contribution in [0.3, 0.4) is 0 Å². The predicted octanol–water partition coefficient (Wildman–Crippen LogP) is 4.96. The Morgan fingerprint density at radius 1 is 1.09 bits per heavy atom. The second-order valence-electron chi connectivity index (χ2n) is 8.71. The van der Waals surface area contributed by atoms with Gasteiger partial charge in [0.05, 0.1) is 22.6 Å². The van der Waals surface area contributed by atoms with Crippen LogP contribution in [-0.2, 0) is 11.3 Å². The lowest BCUT2D eigenvalue weighted by Crippen LogP contribution is -2.26. The Balaban J connectivity index is 1.38. The van der Waals surface area contributed by atoms with Gasteiger partial charge in [-0.25, -0.2) is 4.98 Å². The van der Waals surface area contributed by atoms with Crippen LogP contribution in [0.25, 0.3) is 11.0 Å². The lowest BCUT2D eigenvalue weighted by atomic mass is 10.1. The zero-order valence-electron chi connectivity index (χ0n) is 18.9. The summed E-state index contributed by atoms with van der Waals surface area (Å²) < 4.78 is 7.77. The van der Waals surface area contributed by atoms with E-state index in [1.54, 1.807) is 12.1 Å². The van der Waals surface area contributed by atoms with Gasteiger partial charge in [0.1, 0.15) is 24.3 Å². The molecule has 1 aliphatic heterocycles. The molecule has 1 aliphatic rings. The molecule has 1 fully saturated rings. The number of para-hydroxylation sites is 3. The van der Waals surface area contributed by atoms with Gasteiger partial charge in [0.2, 0.25) is 5.91 Å². The number of aryl methyl sites for hydroxylation is 1. The second kappa shape index (κ2) is 9.49. The molecule has 6 nitrogen and oxygen atoms in total. The summed E-state index contributed by atoms with van der Waals surface area (Å²) >= 11 is 6.17. The number of rotatable bonds is 7. The van der Waals surface area contributed by atoms with Crippen molar-refractivity contribution in [2.45, 2.75) is 31.9 Å². The number of carbonyl (C=O) groups is 1. The van der Waals surface area contributed by atoms with Crippen LogP contribution < -0.4 is 9.64 Å². The molecule has 5 rings (SSSR count). The van der Waals surface area contributed by atoms with Crippen molar-refractivity contribution in [3.05, 3.63) is 89.2 Å². The summed E-state index contributed by atoms with van der Waals surface area (Å²) in [4.78, 5) is 19.6. The largest absolute Gasteiger partial charge is 0.489 e. The minimum absolute atomic E-state index is 0.0714. The lowest BCUT2D eigenvalue weighted by molar-refractivity contribution is -0.117. The fraction of sp³-hybridized carbons (Fsp3) is 0.259. The minimum Gasteiger partial charge on any atom is -0.489 e. The lowest BCUT2D eigenvalue weighted by Gasteiger charge is -2.19. The number of amides is 1. The van der Waals surface area contributed by atoms with Crippen LogP contribution in [0, 0.1) is 6.92 Å². The van der Waals surface area contributed by atoms with Gasteiger partial charge in [0.25, 0.3) is 0 Å². The Labute approximate surface area is 203 Å². The zero-order chi connectivity index (χ0) is 23.7. The van der Waals surface area contributed by atoms with Crippen molar-refractivity contribution in [3.63, 3.8) is 0 Å². The smallest absolute Gasteiger partial charge is 0.227 e. The van der Waals surface area contributed by atoms with Crippen LogP contribution >= 0.6 is 11.6 Å². The first-order valence-electron chi connectivity index (χ1n) is 11.4. The summed E-state index contributed by atoms with van der Waals surface area (Å²) in [6, 6.07) is 23.0. The van der Waals surface area contributed by atoms with E-state index in [1.165, 1.54) is 0 Å². The van der Waals surface area contributed by atoms with Crippen molar-refractivity contribution in [1.82, 2.24) is 9.55 Å². The van der Waals surface area contributed by atoms with E-state index in [0.29, 0.717) is 30.3 Å². The molecule has 1 aromatic heterocycles. The second-order valence-corrected chi connectivity index (χ2v) is 9.11. The molecular formula is C27H26ClN3O3. The highest BCUT2D eigenvalue weighted by molar-refractivity contribution is 6.32. The molecule has 34 heavy (non-hydrogen) atoms. The van der Waals surface area contributed by atoms with Crippen LogP contribution in [0.4, 0.5) is 5.69 Å². The third kappa shape index (κ3) is 4.52. The summed E-state index contributed by atoms with van der Waals surface area (Å²) in [7, 11) is 0. The molecule has 0 bridgehead atoms. The number of aliphatic hydroxyl groups excluding tert-OH is 1. The van der Waals surface area contributed by atoms with E-state index in [9.17, 15) is 9.90 Å². The van der Waals surface area contributed by atoms with Crippen LogP contribution in [0.1, 0.15) is 23.7 Å². The average Bonchev–Trinajstić information content (AvgIpc) is 3.40. The van der Waals surface area contributed by atoms with Gasteiger partial charge >= 0.3 is 0 Å². The van der Waals surface area contributed by atoms with E-state index < -0.39 is 6.10 Å². The van der Waals surface area contributed by atoms with Crippen LogP contribution in [0.2, 0.25) is 5.02 Å². The maximum absolute atomic E-state index is 12.9. The number of hydrogen-bond acceptors (Lipinski definition) is 4. The van der Waals surface area contributed by atoms with Gasteiger partial charge < -0.3 is 19.3 Å². The zero-order valence-corrected chi connectivity index (χ0v) is 19.7. The number of benzene rings is 3. The molecule has 2 atom stereocenters. The Hall–Kier alpha value is -3.35. The molecule has 0 aliphatic carbocycles. The van der Waals surface area contributed by atoms with Gasteiger partial charge in [-0.15, -0.1) is 0 Å². The quantitative estimate of drug-likeness (QED) is 0.410. The highest BCUT2D eigenvalue weighted by Crippen LogP contribution is 2.33. The number of fused-ring (bicyclic) bond motifs is 1. The summed E-state index contributed by atoms with van der Waals surface area (Å²) in [5, 5.41) is 11.3. The summed E-state index contributed by atoms with van der Waals surface area (Å²) in [5.74, 6) is 1.35. The third-order valence-electron chi connectivity index (χ3n) is 6.18. The first-order chi connectivity index (χ1) is 16.5. The predicted molar refractivity (Wildman–Crippen MR) is 134 cm³/mol. The number of imidazole rings is 1. The SMILES string of the molecule is Cc1ccc(N2C[C@H](c3nc4ccccc4n3C[C@H](O)COc3ccccc3Cl)CC2=O)cc1. The number of aromatic nitrogens is 2. The van der Waals surface area contributed by atoms with Gasteiger partial charge in [0, 0.05) is 24.6 Å². The number of aliphatic hydroxyl groups is 1. The molecule has 1 amide bonds. The van der Waals surface area contributed by atoms with Crippen molar-refractivity contribution in [2.75, 3.05) is 18.1 Å². The van der Waals surface area contributed by atoms with E-state index >= 15 is 0 Å². The van der Waals surface area contributed by atoms with Gasteiger partial charge in [-0.1, -0.05) is 53.6 Å². The van der Waals surface area contributed by atoms with Gasteiger partial charge in [0.15, 0.2) is 0 Å². The maximum atomic E-state index is 12.9. The fourth-order valence-electron chi connectivity index (χ4n) is 4.46. The first kappa shape index (κ1) is 22.4. The van der Waals surface area contributed by atoms with Gasteiger partial charge in [-0.05, 0) is 43.3 Å². The normalized spacial score (nSPS) is 16.9. The molecule has 0 spiro atoms. The Kier molecular flexibility index (Phi) is 6.26. The van der Waals surface area contributed by atoms with Gasteiger partial charge in [-0.2, -0.15) is 0 Å². The maximum Gasteiger partial charge on any atom is 0.227 e. The minimum atomic E-state index is -0.780. The molecule has 4 aromatic rings. The molecule has 0 saturated carbocycles. The van der Waals surface area contributed by atoms with E-state index in [-0.39, 0.29) is 18.4 Å². The fourth-order valence-corrected chi connectivity index (χ4v) is 4.65. The molecule has 0 unspecified atom stereocenters. The van der Waals surface area contributed by atoms with Crippen LogP contribution in [0.5, 0.6) is 5.75 Å². The van der Waals surface area contributed by atoms with Crippen molar-refractivity contribution in [3.8, 4) is 5.75 Å². The number of anilines is 1. The van der Waals surface area contributed by atoms with Crippen LogP contribution in [0.15, 0.2) is 72.8 Å². The van der Waals surface area contributed by atoms with E-state index in [2.05, 4.69) is 0 Å². The topological polar surface area (TPSA) is 67.6 Å². The van der Waals surface area contributed by atoms with Crippen molar-refractivity contribution >= 4 is 34.2 Å². The molecule has 174 valence electrons. The van der Waals surface area contributed by atoms with E-state index in [0.717, 1.165) is 28.1 Å². The molecular weight excluding hydrogens is 450 g/mol. The Bertz CT molecular complexity index is 1320. The number of ether oxygens (including phenoxy) is 1. The Morgan fingerprint density at radius 2 is 1.82 bits per heavy atom. The number of halogens is 1. The van der Waals surface area contributed by atoms with Crippen molar-refractivity contribution < 1.29 is 14.6 Å². The number of nitrogens with zero attached hydrogens (tertiary/aromatic N) is 3. The number of hydrogen-bond donors (Lipinski definition) is 1. The van der Waals surface area contributed by atoms with Crippen molar-refractivity contribution in [2.24, 2.45) is 0 Å². The molecule has 1 N–H and O–H groups in total. The van der Waals surface area contributed by atoms with E-state index in [1.807, 2.05) is 77.1 Å². The highest BCUT2D eigenvalue weighted by Gasteiger charge is 2.35. The average molecular weight is 476 g/mol. The highest BCUT2D eigenvalue weighted by atomic mass is 35.5. The first-order valence-corrected chi connectivity index (χ1v) is 11.7. The van der Waals surface area contributed by atoms with E-state index in [4.69, 9.17) is 21.3 Å². The standard InChI is InChI=1S/C27H26ClN3O3/c1-18-10-12-20(13-11-18)30-15-19(14-26(30)33)27-29-23-7-3-4-8-24(23)31(27)16-21(32)17-34-25-9-5-2-6-22(25)28/h2-13,19,21,32H,14-17H2,1H3/t19-,21+/m1/s1. The Morgan fingerprint density at radius 3 is 2.62 bits per heavy atom. The molecule has 0 radical (unpaired) electrons. The summed E-state index contributed by atoms with van der Waals surface area (Å²) in [5.41, 5.74) is 3.82. The van der Waals surface area contributed by atoms with Gasteiger partial charge in [-0.3, -0.25) is 4.79 Å². The van der Waals surface area contributed by atoms with Crippen molar-refractivity contribution in [1.29, 1.82) is 0 Å². The summed E-state index contributed by atoms with van der Waals surface area (Å²) in [6.07, 6.45) is -0.401. The van der Waals surface area contributed by atoms with Crippen LogP contribution in [-0.4, -0.2) is 39.8 Å². The summed E-state index contributed by atoms with van der Waals surface area (Å²) in [6.45, 7) is 2.98. The monoisotopic (exact) mass is 475 g/mol. The molecule has 1 saturated heterocycles. The molecule has 3 aromatic carbocycles. The molecule has 2 heterocycles. The molecule has 7 heteroatoms.